The number of rotatable bonds is 7. The van der Waals surface area contributed by atoms with Crippen molar-refractivity contribution in [3.63, 3.8) is 0 Å². The minimum atomic E-state index is -0.211. The van der Waals surface area contributed by atoms with Gasteiger partial charge in [-0.2, -0.15) is 0 Å². The number of aryl methyl sites for hydroxylation is 2. The van der Waals surface area contributed by atoms with Crippen LogP contribution >= 0.6 is 11.3 Å². The van der Waals surface area contributed by atoms with Crippen LogP contribution in [0.2, 0.25) is 0 Å². The highest BCUT2D eigenvalue weighted by molar-refractivity contribution is 7.11. The number of aliphatic imine (C=N–C) groups is 1. The Morgan fingerprint density at radius 3 is 2.74 bits per heavy atom. The van der Waals surface area contributed by atoms with Gasteiger partial charge < -0.3 is 15.6 Å². The summed E-state index contributed by atoms with van der Waals surface area (Å²) in [5.74, 6) is 0.558. The lowest BCUT2D eigenvalue weighted by Crippen LogP contribution is -2.39. The molecular formula is C20H26FN5S. The molecule has 3 N–H and O–H groups in total. The fraction of sp³-hybridized carbons (Fsp3) is 0.400. The number of aromatic nitrogens is 2. The third-order valence-electron chi connectivity index (χ3n) is 4.54. The molecule has 0 saturated heterocycles. The first-order valence-corrected chi connectivity index (χ1v) is 10.1. The van der Waals surface area contributed by atoms with E-state index >= 15 is 0 Å². The Hall–Kier alpha value is -2.41. The Bertz CT molecular complexity index is 928. The van der Waals surface area contributed by atoms with E-state index in [0.717, 1.165) is 59.8 Å². The summed E-state index contributed by atoms with van der Waals surface area (Å²) < 4.78 is 13.5. The van der Waals surface area contributed by atoms with Gasteiger partial charge in [0.1, 0.15) is 5.82 Å². The number of H-pyrrole nitrogens is 1. The highest BCUT2D eigenvalue weighted by atomic mass is 32.1. The molecule has 0 unspecified atom stereocenters. The molecule has 0 aliphatic rings. The lowest BCUT2D eigenvalue weighted by atomic mass is 10.1. The first-order chi connectivity index (χ1) is 13.1. The summed E-state index contributed by atoms with van der Waals surface area (Å²) in [7, 11) is 1.76. The SMILES string of the molecule is CCc1nc(CCNC(=NC)NCCc2c[nH]c3ccc(F)cc23)sc1C. The molecule has 0 aliphatic heterocycles. The van der Waals surface area contributed by atoms with E-state index in [0.29, 0.717) is 0 Å². The molecule has 0 radical (unpaired) electrons. The zero-order valence-corrected chi connectivity index (χ0v) is 16.8. The summed E-state index contributed by atoms with van der Waals surface area (Å²) in [6, 6.07) is 4.82. The van der Waals surface area contributed by atoms with E-state index in [2.05, 4.69) is 39.4 Å². The third kappa shape index (κ3) is 4.86. The zero-order chi connectivity index (χ0) is 19.2. The fourth-order valence-electron chi connectivity index (χ4n) is 3.10. The molecule has 1 aromatic carbocycles. The number of nitrogens with zero attached hydrogens (tertiary/aromatic N) is 2. The molecular weight excluding hydrogens is 361 g/mol. The van der Waals surface area contributed by atoms with Crippen molar-refractivity contribution in [2.45, 2.75) is 33.1 Å². The summed E-state index contributed by atoms with van der Waals surface area (Å²) in [6.07, 6.45) is 4.60. The van der Waals surface area contributed by atoms with Crippen molar-refractivity contribution >= 4 is 28.2 Å². The average molecular weight is 388 g/mol. The second-order valence-electron chi connectivity index (χ2n) is 6.39. The number of aromatic amines is 1. The number of benzene rings is 1. The van der Waals surface area contributed by atoms with Crippen LogP contribution in [0.5, 0.6) is 0 Å². The summed E-state index contributed by atoms with van der Waals surface area (Å²) >= 11 is 1.77. The molecule has 3 rings (SSSR count). The molecule has 0 aliphatic carbocycles. The molecule has 27 heavy (non-hydrogen) atoms. The molecule has 5 nitrogen and oxygen atoms in total. The standard InChI is InChI=1S/C20H26FN5S/c1-4-17-13(2)27-19(26-17)8-10-24-20(22-3)23-9-7-14-12-25-18-6-5-15(21)11-16(14)18/h5-6,11-12,25H,4,7-10H2,1-3H3,(H2,22,23,24). The summed E-state index contributed by atoms with van der Waals surface area (Å²) in [4.78, 5) is 13.4. The van der Waals surface area contributed by atoms with Gasteiger partial charge in [-0.3, -0.25) is 4.99 Å². The maximum absolute atomic E-state index is 13.5. The van der Waals surface area contributed by atoms with Crippen LogP contribution in [-0.2, 0) is 19.3 Å². The number of fused-ring (bicyclic) bond motifs is 1. The van der Waals surface area contributed by atoms with Crippen molar-refractivity contribution in [2.24, 2.45) is 4.99 Å². The van der Waals surface area contributed by atoms with Gasteiger partial charge >= 0.3 is 0 Å². The Kier molecular flexibility index (Phi) is 6.45. The molecule has 0 fully saturated rings. The van der Waals surface area contributed by atoms with E-state index in [1.54, 1.807) is 30.5 Å². The fourth-order valence-corrected chi connectivity index (χ4v) is 4.13. The molecule has 0 bridgehead atoms. The Balaban J connectivity index is 1.46. The van der Waals surface area contributed by atoms with Crippen LogP contribution in [0, 0.1) is 12.7 Å². The molecule has 2 aromatic heterocycles. The highest BCUT2D eigenvalue weighted by Crippen LogP contribution is 2.20. The molecule has 0 spiro atoms. The molecule has 144 valence electrons. The van der Waals surface area contributed by atoms with Crippen molar-refractivity contribution in [3.8, 4) is 0 Å². The van der Waals surface area contributed by atoms with Gasteiger partial charge in [-0.05, 0) is 43.5 Å². The summed E-state index contributed by atoms with van der Waals surface area (Å²) in [5.41, 5.74) is 3.25. The van der Waals surface area contributed by atoms with E-state index < -0.39 is 0 Å². The second kappa shape index (κ2) is 8.99. The maximum atomic E-state index is 13.5. The predicted molar refractivity (Wildman–Crippen MR) is 111 cm³/mol. The summed E-state index contributed by atoms with van der Waals surface area (Å²) in [5, 5.41) is 8.74. The number of halogens is 1. The third-order valence-corrected chi connectivity index (χ3v) is 5.62. The maximum Gasteiger partial charge on any atom is 0.191 e. The molecule has 2 heterocycles. The van der Waals surface area contributed by atoms with E-state index in [1.807, 2.05) is 6.20 Å². The minimum Gasteiger partial charge on any atom is -0.361 e. The van der Waals surface area contributed by atoms with Gasteiger partial charge in [0.2, 0.25) is 0 Å². The smallest absolute Gasteiger partial charge is 0.191 e. The van der Waals surface area contributed by atoms with Gasteiger partial charge in [0.05, 0.1) is 10.7 Å². The lowest BCUT2D eigenvalue weighted by molar-refractivity contribution is 0.629. The number of hydrogen-bond donors (Lipinski definition) is 3. The van der Waals surface area contributed by atoms with Crippen LogP contribution in [0.15, 0.2) is 29.4 Å². The molecule has 0 atom stereocenters. The van der Waals surface area contributed by atoms with Crippen LogP contribution in [0.4, 0.5) is 4.39 Å². The van der Waals surface area contributed by atoms with Gasteiger partial charge in [-0.1, -0.05) is 6.92 Å². The second-order valence-corrected chi connectivity index (χ2v) is 7.68. The largest absolute Gasteiger partial charge is 0.361 e. The quantitative estimate of drug-likeness (QED) is 0.429. The van der Waals surface area contributed by atoms with Crippen molar-refractivity contribution in [1.82, 2.24) is 20.6 Å². The van der Waals surface area contributed by atoms with Gasteiger partial charge in [-0.15, -0.1) is 11.3 Å². The average Bonchev–Trinajstić information content (AvgIpc) is 3.23. The normalized spacial score (nSPS) is 11.9. The topological polar surface area (TPSA) is 65.1 Å². The van der Waals surface area contributed by atoms with Gasteiger partial charge in [-0.25, -0.2) is 9.37 Å². The van der Waals surface area contributed by atoms with Gasteiger partial charge in [0.15, 0.2) is 5.96 Å². The summed E-state index contributed by atoms with van der Waals surface area (Å²) in [6.45, 7) is 5.77. The van der Waals surface area contributed by atoms with E-state index in [4.69, 9.17) is 0 Å². The molecule has 7 heteroatoms. The minimum absolute atomic E-state index is 0.211. The van der Waals surface area contributed by atoms with Crippen LogP contribution in [0.3, 0.4) is 0 Å². The monoisotopic (exact) mass is 387 g/mol. The van der Waals surface area contributed by atoms with E-state index in [1.165, 1.54) is 16.6 Å². The zero-order valence-electron chi connectivity index (χ0n) is 16.0. The Morgan fingerprint density at radius 1 is 1.26 bits per heavy atom. The van der Waals surface area contributed by atoms with Crippen LogP contribution in [-0.4, -0.2) is 36.1 Å². The van der Waals surface area contributed by atoms with Crippen molar-refractivity contribution in [2.75, 3.05) is 20.1 Å². The first kappa shape index (κ1) is 19.4. The van der Waals surface area contributed by atoms with Crippen molar-refractivity contribution in [1.29, 1.82) is 0 Å². The molecule has 0 amide bonds. The van der Waals surface area contributed by atoms with E-state index in [9.17, 15) is 4.39 Å². The number of thiazole rings is 1. The van der Waals surface area contributed by atoms with Crippen LogP contribution in [0.1, 0.15) is 28.1 Å². The molecule has 3 aromatic rings. The van der Waals surface area contributed by atoms with E-state index in [-0.39, 0.29) is 5.82 Å². The van der Waals surface area contributed by atoms with Crippen LogP contribution in [0.25, 0.3) is 10.9 Å². The van der Waals surface area contributed by atoms with Crippen molar-refractivity contribution < 1.29 is 4.39 Å². The number of hydrogen-bond acceptors (Lipinski definition) is 3. The van der Waals surface area contributed by atoms with Gasteiger partial charge in [0.25, 0.3) is 0 Å². The molecule has 0 saturated carbocycles. The van der Waals surface area contributed by atoms with Gasteiger partial charge in [0, 0.05) is 48.5 Å². The number of nitrogens with one attached hydrogen (secondary N) is 3. The van der Waals surface area contributed by atoms with Crippen LogP contribution < -0.4 is 10.6 Å². The first-order valence-electron chi connectivity index (χ1n) is 9.26. The lowest BCUT2D eigenvalue weighted by Gasteiger charge is -2.11. The predicted octanol–water partition coefficient (Wildman–Crippen LogP) is 3.58. The highest BCUT2D eigenvalue weighted by Gasteiger charge is 2.07. The Morgan fingerprint density at radius 2 is 2.04 bits per heavy atom. The van der Waals surface area contributed by atoms with Crippen molar-refractivity contribution in [3.05, 3.63) is 51.4 Å². The number of guanidine groups is 1. The Labute approximate surface area is 163 Å².